The second-order valence-electron chi connectivity index (χ2n) is 1.14. The molecular weight excluding hydrogens is 128 g/mol. The van der Waals surface area contributed by atoms with Crippen molar-refractivity contribution >= 4 is 0 Å². The van der Waals surface area contributed by atoms with Gasteiger partial charge in [-0.2, -0.15) is 0 Å². The minimum atomic E-state index is -0.0509. The van der Waals surface area contributed by atoms with Gasteiger partial charge in [-0.25, -0.2) is 0 Å². The Morgan fingerprint density at radius 1 is 1.71 bits per heavy atom. The predicted molar refractivity (Wildman–Crippen MR) is 22.2 cm³/mol. The SMILES string of the molecule is CCOC(C)[O][Ti]. The third kappa shape index (κ3) is 4.49. The first-order valence-corrected chi connectivity index (χ1v) is 2.89. The molecule has 2 nitrogen and oxygen atoms in total. The van der Waals surface area contributed by atoms with Gasteiger partial charge < -0.3 is 0 Å². The van der Waals surface area contributed by atoms with Crippen LogP contribution in [0.4, 0.5) is 0 Å². The molecule has 41 valence electrons. The van der Waals surface area contributed by atoms with E-state index >= 15 is 0 Å². The van der Waals surface area contributed by atoms with Gasteiger partial charge in [0, 0.05) is 0 Å². The summed E-state index contributed by atoms with van der Waals surface area (Å²) in [4.78, 5) is 0. The molecule has 0 saturated carbocycles. The Morgan fingerprint density at radius 2 is 2.29 bits per heavy atom. The second-order valence-corrected chi connectivity index (χ2v) is 1.51. The molecule has 0 aromatic rings. The van der Waals surface area contributed by atoms with Gasteiger partial charge in [-0.15, -0.1) is 0 Å². The van der Waals surface area contributed by atoms with Crippen LogP contribution in [0.2, 0.25) is 0 Å². The Bertz CT molecular complexity index is 40.7. The van der Waals surface area contributed by atoms with Crippen molar-refractivity contribution in [3.05, 3.63) is 0 Å². The summed E-state index contributed by atoms with van der Waals surface area (Å²) < 4.78 is 9.74. The second kappa shape index (κ2) is 4.79. The van der Waals surface area contributed by atoms with E-state index < -0.39 is 0 Å². The van der Waals surface area contributed by atoms with E-state index in [1.807, 2.05) is 13.8 Å². The third-order valence-corrected chi connectivity index (χ3v) is 1.09. The fraction of sp³-hybridized carbons (Fsp3) is 1.00. The van der Waals surface area contributed by atoms with Crippen molar-refractivity contribution in [3.63, 3.8) is 0 Å². The maximum absolute atomic E-state index is 4.97. The molecule has 0 aliphatic carbocycles. The molecule has 0 rings (SSSR count). The van der Waals surface area contributed by atoms with E-state index in [1.165, 1.54) is 0 Å². The molecule has 3 heteroatoms. The molecule has 0 spiro atoms. The van der Waals surface area contributed by atoms with Gasteiger partial charge in [-0.3, -0.25) is 0 Å². The van der Waals surface area contributed by atoms with Crippen molar-refractivity contribution in [2.45, 2.75) is 20.1 Å². The Morgan fingerprint density at radius 3 is 2.43 bits per heavy atom. The van der Waals surface area contributed by atoms with Gasteiger partial charge in [0.25, 0.3) is 0 Å². The molecule has 0 aromatic carbocycles. The molecule has 0 N–H and O–H groups in total. The average molecular weight is 137 g/mol. The van der Waals surface area contributed by atoms with E-state index in [-0.39, 0.29) is 6.29 Å². The topological polar surface area (TPSA) is 18.5 Å². The molecule has 0 heterocycles. The van der Waals surface area contributed by atoms with Gasteiger partial charge in [0.15, 0.2) is 0 Å². The van der Waals surface area contributed by atoms with Crippen molar-refractivity contribution in [2.75, 3.05) is 6.61 Å². The first-order chi connectivity index (χ1) is 3.31. The summed E-state index contributed by atoms with van der Waals surface area (Å²) in [7, 11) is 0. The quantitative estimate of drug-likeness (QED) is 0.424. The summed E-state index contributed by atoms with van der Waals surface area (Å²) >= 11 is 1.63. The van der Waals surface area contributed by atoms with Crippen LogP contribution in [0, 0.1) is 0 Å². The predicted octanol–water partition coefficient (Wildman–Crippen LogP) is 0.847. The molecule has 0 bridgehead atoms. The monoisotopic (exact) mass is 137 g/mol. The van der Waals surface area contributed by atoms with Gasteiger partial charge in [0.1, 0.15) is 0 Å². The van der Waals surface area contributed by atoms with Gasteiger partial charge in [0.05, 0.1) is 0 Å². The molecule has 0 aliphatic rings. The molecule has 0 amide bonds. The number of ether oxygens (including phenoxy) is 1. The first-order valence-electron chi connectivity index (χ1n) is 2.25. The molecule has 1 unspecified atom stereocenters. The number of hydrogen-bond donors (Lipinski definition) is 0. The van der Waals surface area contributed by atoms with Crippen molar-refractivity contribution in [3.8, 4) is 0 Å². The van der Waals surface area contributed by atoms with Crippen LogP contribution >= 0.6 is 0 Å². The Kier molecular flexibility index (Phi) is 5.22. The molecule has 0 fully saturated rings. The molecule has 0 aliphatic heterocycles. The van der Waals surface area contributed by atoms with Crippen LogP contribution in [0.1, 0.15) is 13.8 Å². The third-order valence-electron chi connectivity index (χ3n) is 0.567. The van der Waals surface area contributed by atoms with Crippen LogP contribution in [-0.2, 0) is 28.9 Å². The minimum absolute atomic E-state index is 0.0509. The van der Waals surface area contributed by atoms with Gasteiger partial charge in [-0.1, -0.05) is 0 Å². The fourth-order valence-corrected chi connectivity index (χ4v) is 0.375. The van der Waals surface area contributed by atoms with Crippen LogP contribution in [-0.4, -0.2) is 12.9 Å². The fourth-order valence-electron chi connectivity index (χ4n) is 0.269. The Hall–Kier alpha value is 0.634. The standard InChI is InChI=1S/C4H9O2.Ti/c1-3-6-4(2)5;/h4H,3H2,1-2H3;/q-1;+1. The normalized spacial score (nSPS) is 13.9. The summed E-state index contributed by atoms with van der Waals surface area (Å²) in [5, 5.41) is 0. The molecule has 1 atom stereocenters. The van der Waals surface area contributed by atoms with Gasteiger partial charge >= 0.3 is 55.6 Å². The molecule has 7 heavy (non-hydrogen) atoms. The van der Waals surface area contributed by atoms with E-state index in [0.29, 0.717) is 0 Å². The van der Waals surface area contributed by atoms with E-state index in [0.717, 1.165) is 6.61 Å². The Labute approximate surface area is 56.1 Å². The van der Waals surface area contributed by atoms with Gasteiger partial charge in [0.2, 0.25) is 0 Å². The van der Waals surface area contributed by atoms with Crippen LogP contribution in [0.15, 0.2) is 0 Å². The number of rotatable bonds is 3. The van der Waals surface area contributed by atoms with Gasteiger partial charge in [-0.05, 0) is 0 Å². The average Bonchev–Trinajstić information content (AvgIpc) is 1.68. The zero-order valence-electron chi connectivity index (χ0n) is 4.60. The zero-order valence-corrected chi connectivity index (χ0v) is 6.16. The molecular formula is C4H9O2Ti. The first kappa shape index (κ1) is 7.63. The van der Waals surface area contributed by atoms with Crippen molar-refractivity contribution in [1.82, 2.24) is 0 Å². The van der Waals surface area contributed by atoms with E-state index in [9.17, 15) is 0 Å². The van der Waals surface area contributed by atoms with Crippen LogP contribution in [0.25, 0.3) is 0 Å². The summed E-state index contributed by atoms with van der Waals surface area (Å²) in [5.41, 5.74) is 0. The Balaban J connectivity index is 2.83. The molecule has 0 radical (unpaired) electrons. The zero-order chi connectivity index (χ0) is 5.70. The van der Waals surface area contributed by atoms with Crippen molar-refractivity contribution < 1.29 is 28.9 Å². The summed E-state index contributed by atoms with van der Waals surface area (Å²) in [6, 6.07) is 0. The van der Waals surface area contributed by atoms with Crippen molar-refractivity contribution in [2.24, 2.45) is 0 Å². The summed E-state index contributed by atoms with van der Waals surface area (Å²) in [5.74, 6) is 0. The maximum atomic E-state index is 4.97. The number of hydrogen-bond acceptors (Lipinski definition) is 2. The van der Waals surface area contributed by atoms with Crippen LogP contribution < -0.4 is 0 Å². The van der Waals surface area contributed by atoms with E-state index in [4.69, 9.17) is 8.06 Å². The van der Waals surface area contributed by atoms with Crippen molar-refractivity contribution in [1.29, 1.82) is 0 Å². The van der Waals surface area contributed by atoms with Crippen LogP contribution in [0.5, 0.6) is 0 Å². The van der Waals surface area contributed by atoms with E-state index in [2.05, 4.69) is 0 Å². The summed E-state index contributed by atoms with van der Waals surface area (Å²) in [6.45, 7) is 4.52. The summed E-state index contributed by atoms with van der Waals surface area (Å²) in [6.07, 6.45) is -0.0509. The molecule has 0 aromatic heterocycles. The van der Waals surface area contributed by atoms with Crippen LogP contribution in [0.3, 0.4) is 0 Å². The molecule has 0 saturated heterocycles. The van der Waals surface area contributed by atoms with E-state index in [1.54, 1.807) is 20.8 Å².